The van der Waals surface area contributed by atoms with E-state index in [1.807, 2.05) is 41.5 Å². The average Bonchev–Trinajstić information content (AvgIpc) is 4.39. The number of aryl methyl sites for hydroxylation is 11. The Balaban J connectivity index is 0.000000133. The molecule has 0 bridgehead atoms. The second kappa shape index (κ2) is 23.8. The third-order valence-electron chi connectivity index (χ3n) is 14.4. The van der Waals surface area contributed by atoms with Crippen LogP contribution in [0.5, 0.6) is 0 Å². The van der Waals surface area contributed by atoms with Crippen molar-refractivity contribution in [3.05, 3.63) is 128 Å². The smallest absolute Gasteiger partial charge is 0.293 e. The Kier molecular flexibility index (Phi) is 17.2. The van der Waals surface area contributed by atoms with Crippen molar-refractivity contribution in [3.63, 3.8) is 0 Å². The van der Waals surface area contributed by atoms with Crippen LogP contribution in [0.4, 0.5) is 0 Å². The first kappa shape index (κ1) is 57.9. The minimum Gasteiger partial charge on any atom is -0.293 e. The first-order valence-corrected chi connectivity index (χ1v) is 30.8. The zero-order chi connectivity index (χ0) is 57.5. The van der Waals surface area contributed by atoms with E-state index in [9.17, 15) is 37.2 Å². The molecule has 0 unspecified atom stereocenters. The van der Waals surface area contributed by atoms with Gasteiger partial charge in [-0.3, -0.25) is 60.4 Å². The van der Waals surface area contributed by atoms with Gasteiger partial charge in [-0.25, -0.2) is 29.3 Å². The van der Waals surface area contributed by atoms with Crippen LogP contribution >= 0.6 is 34.0 Å². The molecule has 3 aliphatic carbocycles. The van der Waals surface area contributed by atoms with E-state index in [0.29, 0.717) is 83.2 Å². The molecule has 9 aromatic rings. The molecule has 428 valence electrons. The molecule has 12 rings (SSSR count). The number of rotatable bonds is 16. The molecule has 9 heterocycles. The van der Waals surface area contributed by atoms with Gasteiger partial charge in [-0.1, -0.05) is 0 Å². The predicted octanol–water partition coefficient (Wildman–Crippen LogP) is 4.36. The van der Waals surface area contributed by atoms with Gasteiger partial charge in [0.25, 0.3) is 26.8 Å². The van der Waals surface area contributed by atoms with Crippen LogP contribution in [0.15, 0.2) is 47.4 Å². The van der Waals surface area contributed by atoms with Crippen LogP contribution in [-0.2, 0) is 87.4 Å². The Morgan fingerprint density at radius 1 is 0.537 bits per heavy atom. The van der Waals surface area contributed by atoms with Crippen LogP contribution in [-0.4, -0.2) is 93.4 Å². The molecule has 3 saturated carbocycles. The van der Waals surface area contributed by atoms with Crippen molar-refractivity contribution in [1.82, 2.24) is 72.1 Å². The van der Waals surface area contributed by atoms with Gasteiger partial charge in [0.05, 0.1) is 80.1 Å². The van der Waals surface area contributed by atoms with E-state index in [0.717, 1.165) is 72.6 Å². The van der Waals surface area contributed by atoms with E-state index in [-0.39, 0.29) is 34.7 Å². The summed E-state index contributed by atoms with van der Waals surface area (Å²) in [5.41, 5.74) is 4.48. The van der Waals surface area contributed by atoms with Gasteiger partial charge in [0, 0.05) is 87.8 Å². The summed E-state index contributed by atoms with van der Waals surface area (Å²) in [7, 11) is 1.71. The van der Waals surface area contributed by atoms with Gasteiger partial charge in [0.2, 0.25) is 0 Å². The third-order valence-corrected chi connectivity index (χ3v) is 18.3. The zero-order valence-corrected chi connectivity index (χ0v) is 49.9. The highest BCUT2D eigenvalue weighted by Crippen LogP contribution is 2.33. The van der Waals surface area contributed by atoms with Gasteiger partial charge in [-0.2, -0.15) is 23.7 Å². The van der Waals surface area contributed by atoms with Crippen LogP contribution < -0.4 is 33.7 Å². The summed E-state index contributed by atoms with van der Waals surface area (Å²) in [6, 6.07) is 0. The predicted molar refractivity (Wildman–Crippen MR) is 309 cm³/mol. The minimum atomic E-state index is -3.32. The van der Waals surface area contributed by atoms with E-state index in [1.165, 1.54) is 61.4 Å². The van der Waals surface area contributed by atoms with Gasteiger partial charge in [0.1, 0.15) is 0 Å². The van der Waals surface area contributed by atoms with Gasteiger partial charge in [-0.15, -0.1) is 34.0 Å². The third kappa shape index (κ3) is 13.4. The second-order valence-electron chi connectivity index (χ2n) is 20.9. The molecule has 0 aromatic carbocycles. The summed E-state index contributed by atoms with van der Waals surface area (Å²) in [6.45, 7) is 14.9. The first-order valence-electron chi connectivity index (χ1n) is 26.5. The molecule has 0 saturated heterocycles. The van der Waals surface area contributed by atoms with E-state index in [2.05, 4.69) is 39.4 Å². The number of fused-ring (bicyclic) bond motifs is 3. The summed E-state index contributed by atoms with van der Waals surface area (Å²) in [5.74, 6) is 1.85. The van der Waals surface area contributed by atoms with E-state index in [4.69, 9.17) is 0 Å². The molecule has 24 nitrogen and oxygen atoms in total. The molecule has 28 heteroatoms. The highest BCUT2D eigenvalue weighted by molar-refractivity contribution is 7.86. The second-order valence-corrected chi connectivity index (χ2v) is 26.4. The van der Waals surface area contributed by atoms with Crippen LogP contribution in [0.25, 0.3) is 33.1 Å². The van der Waals surface area contributed by atoms with Gasteiger partial charge in [0.15, 0.2) is 16.6 Å². The molecule has 0 aliphatic heterocycles. The Morgan fingerprint density at radius 2 is 0.887 bits per heavy atom. The fraction of sp³-hybridized carbons (Fsp3) is 0.538. The lowest BCUT2D eigenvalue weighted by Crippen LogP contribution is -2.40. The maximum absolute atomic E-state index is 13.0. The number of thiazole rings is 3. The lowest BCUT2D eigenvalue weighted by Gasteiger charge is -2.09. The number of hydrogen-bond acceptors (Lipinski definition) is 18. The lowest BCUT2D eigenvalue weighted by atomic mass is 10.3. The van der Waals surface area contributed by atoms with E-state index >= 15 is 0 Å². The topological polar surface area (TPSA) is 278 Å². The summed E-state index contributed by atoms with van der Waals surface area (Å²) in [5, 5.41) is 15.9. The van der Waals surface area contributed by atoms with Crippen molar-refractivity contribution in [1.29, 1.82) is 0 Å². The summed E-state index contributed by atoms with van der Waals surface area (Å²) in [6.07, 6.45) is 14.9. The first-order chi connectivity index (χ1) is 38.0. The highest BCUT2D eigenvalue weighted by Gasteiger charge is 2.27. The molecule has 1 N–H and O–H groups in total. The number of nitrogens with zero attached hydrogens (tertiary/aromatic N) is 14. The molecule has 0 radical (unpaired) electrons. The van der Waals surface area contributed by atoms with Gasteiger partial charge >= 0.3 is 17.1 Å². The van der Waals surface area contributed by atoms with E-state index < -0.39 is 15.8 Å². The Morgan fingerprint density at radius 3 is 1.23 bits per heavy atom. The monoisotopic (exact) mass is 1170 g/mol. The molecule has 3 fully saturated rings. The fourth-order valence-corrected chi connectivity index (χ4v) is 12.6. The SMILES string of the molecule is Cc1nc(C)c(CCOS(C)(=O)=O)s1.Cc1nc(C)c(CCn2c(=O)c3c(cnn3CC3CC3)n(C)c2=O)s1.Cc1nc(C)c(CCn2c(=O)c3c(cnn3CC3CC3)n(C)c2=O)s1.Cn1c(=O)[nH]c(=O)c2c1cnn2CC1CC1. The summed E-state index contributed by atoms with van der Waals surface area (Å²) < 4.78 is 38.4. The van der Waals surface area contributed by atoms with Crippen molar-refractivity contribution in [2.75, 3.05) is 12.9 Å². The molecule has 80 heavy (non-hydrogen) atoms. The quantitative estimate of drug-likeness (QED) is 0.132. The normalized spacial score (nSPS) is 14.3. The minimum absolute atomic E-state index is 0.196. The Bertz CT molecular complexity index is 4090. The number of aromatic nitrogens is 15. The van der Waals surface area contributed by atoms with Crippen LogP contribution in [0.2, 0.25) is 0 Å². The van der Waals surface area contributed by atoms with E-state index in [1.54, 1.807) is 87.8 Å². The van der Waals surface area contributed by atoms with Gasteiger partial charge < -0.3 is 0 Å². The largest absolute Gasteiger partial charge is 0.331 e. The average molecular weight is 1170 g/mol. The molecule has 3 aliphatic rings. The lowest BCUT2D eigenvalue weighted by molar-refractivity contribution is 0.326. The van der Waals surface area contributed by atoms with Crippen LogP contribution in [0.3, 0.4) is 0 Å². The van der Waals surface area contributed by atoms with Gasteiger partial charge in [-0.05, 0) is 97.8 Å². The summed E-state index contributed by atoms with van der Waals surface area (Å²) >= 11 is 4.82. The zero-order valence-electron chi connectivity index (χ0n) is 46.6. The van der Waals surface area contributed by atoms with Crippen molar-refractivity contribution in [2.45, 2.75) is 132 Å². The van der Waals surface area contributed by atoms with Crippen LogP contribution in [0.1, 0.15) is 85.3 Å². The number of aromatic amines is 1. The molecular weight excluding hydrogens is 1110 g/mol. The highest BCUT2D eigenvalue weighted by atomic mass is 32.2. The fourth-order valence-electron chi connectivity index (χ4n) is 9.46. The Labute approximate surface area is 471 Å². The standard InChI is InChI=1S/2C17H21N5O2S.C10H12N4O2.C8H13NO3S2/c2*1-10-14(25-11(2)19-10)6-7-21-16(23)15-13(20(3)17(21)24)8-18-22(15)9-12-4-5-12;1-13-7-4-11-14(5-6-2-3-6)8(7)9(15)12-10(13)16;1-6-8(13-7(2)9-6)4-5-12-14(3,10)11/h2*8,12H,4-7,9H2,1-3H3;4,6H,2-3,5H2,1H3,(H,12,15,16);4-5H2,1-3H3. The maximum atomic E-state index is 13.0. The van der Waals surface area contributed by atoms with Crippen molar-refractivity contribution in [2.24, 2.45) is 38.9 Å². The van der Waals surface area contributed by atoms with Crippen molar-refractivity contribution >= 4 is 77.2 Å². The maximum Gasteiger partial charge on any atom is 0.331 e. The van der Waals surface area contributed by atoms with Crippen LogP contribution in [0, 0.1) is 59.3 Å². The molecular formula is C52H67N15O9S4. The number of nitrogens with one attached hydrogen (secondary N) is 1. The molecule has 0 atom stereocenters. The Hall–Kier alpha value is -6.75. The van der Waals surface area contributed by atoms with Crippen molar-refractivity contribution in [3.8, 4) is 0 Å². The molecule has 0 spiro atoms. The molecule has 9 aromatic heterocycles. The summed E-state index contributed by atoms with van der Waals surface area (Å²) in [4.78, 5) is 93.0. The number of hydrogen-bond donors (Lipinski definition) is 1. The van der Waals surface area contributed by atoms with Crippen molar-refractivity contribution < 1.29 is 12.6 Å². The number of H-pyrrole nitrogens is 1. The molecule has 0 amide bonds.